The van der Waals surface area contributed by atoms with E-state index in [2.05, 4.69) is 8.75 Å². The maximum Gasteiger partial charge on any atom is 0.246 e. The van der Waals surface area contributed by atoms with E-state index >= 15 is 0 Å². The summed E-state index contributed by atoms with van der Waals surface area (Å²) in [5, 5.41) is 8.54. The highest BCUT2D eigenvalue weighted by atomic mass is 32.2. The Morgan fingerprint density at radius 3 is 2.94 bits per heavy atom. The summed E-state index contributed by atoms with van der Waals surface area (Å²) in [6.07, 6.45) is 0. The van der Waals surface area contributed by atoms with Crippen LogP contribution in [0.3, 0.4) is 0 Å². The Balaban J connectivity index is 2.61. The second kappa shape index (κ2) is 4.37. The molecule has 0 aliphatic heterocycles. The average Bonchev–Trinajstić information content (AvgIpc) is 2.76. The molecule has 0 bridgehead atoms. The van der Waals surface area contributed by atoms with Crippen molar-refractivity contribution in [1.82, 2.24) is 13.1 Å². The molecule has 17 heavy (non-hydrogen) atoms. The van der Waals surface area contributed by atoms with E-state index in [-0.39, 0.29) is 11.4 Å². The predicted molar refractivity (Wildman–Crippen MR) is 62.8 cm³/mol. The second-order valence-corrected chi connectivity index (χ2v) is 5.85. The van der Waals surface area contributed by atoms with Crippen molar-refractivity contribution in [2.45, 2.75) is 4.90 Å². The lowest BCUT2D eigenvalue weighted by molar-refractivity contribution is 0.502. The fourth-order valence-electron chi connectivity index (χ4n) is 1.34. The molecule has 0 N–H and O–H groups in total. The van der Waals surface area contributed by atoms with Crippen molar-refractivity contribution in [3.63, 3.8) is 0 Å². The van der Waals surface area contributed by atoms with E-state index in [0.29, 0.717) is 11.0 Å². The lowest BCUT2D eigenvalue weighted by Crippen LogP contribution is -2.27. The van der Waals surface area contributed by atoms with Gasteiger partial charge in [0.15, 0.2) is 0 Å². The number of aromatic nitrogens is 2. The molecule has 0 aliphatic rings. The molecule has 0 atom stereocenters. The van der Waals surface area contributed by atoms with Gasteiger partial charge in [0.2, 0.25) is 10.0 Å². The first-order valence-electron chi connectivity index (χ1n) is 4.62. The van der Waals surface area contributed by atoms with E-state index in [1.807, 2.05) is 0 Å². The van der Waals surface area contributed by atoms with Crippen molar-refractivity contribution >= 4 is 32.8 Å². The van der Waals surface area contributed by atoms with Crippen molar-refractivity contribution in [1.29, 1.82) is 5.26 Å². The molecule has 0 unspecified atom stereocenters. The standard InChI is InChI=1S/C9H8N4O2S2/c1-13(6-5-10)17(14,15)8-4-2-3-7-9(8)12-16-11-7/h2-4H,6H2,1H3. The fourth-order valence-corrected chi connectivity index (χ4v) is 3.16. The maximum atomic E-state index is 12.1. The third-order valence-corrected chi connectivity index (χ3v) is 4.61. The van der Waals surface area contributed by atoms with Crippen molar-refractivity contribution < 1.29 is 8.42 Å². The average molecular weight is 268 g/mol. The number of hydrogen-bond acceptors (Lipinski definition) is 6. The van der Waals surface area contributed by atoms with Crippen LogP contribution in [0.1, 0.15) is 0 Å². The van der Waals surface area contributed by atoms with Crippen LogP contribution in [0.4, 0.5) is 0 Å². The quantitative estimate of drug-likeness (QED) is 0.770. The summed E-state index contributed by atoms with van der Waals surface area (Å²) >= 11 is 0.960. The Morgan fingerprint density at radius 2 is 2.24 bits per heavy atom. The Hall–Kier alpha value is -1.56. The van der Waals surface area contributed by atoms with Gasteiger partial charge in [-0.1, -0.05) is 6.07 Å². The van der Waals surface area contributed by atoms with E-state index in [9.17, 15) is 8.42 Å². The zero-order valence-corrected chi connectivity index (χ0v) is 10.5. The molecule has 6 nitrogen and oxygen atoms in total. The second-order valence-electron chi connectivity index (χ2n) is 3.31. The molecule has 1 heterocycles. The molecule has 0 radical (unpaired) electrons. The number of benzene rings is 1. The molecule has 0 saturated carbocycles. The van der Waals surface area contributed by atoms with E-state index < -0.39 is 10.0 Å². The molecule has 1 aromatic carbocycles. The minimum absolute atomic E-state index is 0.0847. The number of nitrogens with zero attached hydrogens (tertiary/aromatic N) is 4. The van der Waals surface area contributed by atoms with Gasteiger partial charge in [0.25, 0.3) is 0 Å². The van der Waals surface area contributed by atoms with E-state index in [1.54, 1.807) is 18.2 Å². The van der Waals surface area contributed by atoms with Crippen LogP contribution in [0.2, 0.25) is 0 Å². The summed E-state index contributed by atoms with van der Waals surface area (Å²) < 4.78 is 33.2. The minimum atomic E-state index is -3.68. The van der Waals surface area contributed by atoms with Crippen LogP contribution >= 0.6 is 11.7 Å². The minimum Gasteiger partial charge on any atom is -0.207 e. The molecule has 1 aromatic heterocycles. The maximum absolute atomic E-state index is 12.1. The Kier molecular flexibility index (Phi) is 3.06. The van der Waals surface area contributed by atoms with Crippen molar-refractivity contribution in [3.8, 4) is 6.07 Å². The van der Waals surface area contributed by atoms with Crippen LogP contribution in [0.5, 0.6) is 0 Å². The zero-order chi connectivity index (χ0) is 12.5. The van der Waals surface area contributed by atoms with Crippen LogP contribution < -0.4 is 0 Å². The van der Waals surface area contributed by atoms with E-state index in [0.717, 1.165) is 16.0 Å². The lowest BCUT2D eigenvalue weighted by Gasteiger charge is -2.13. The van der Waals surface area contributed by atoms with Crippen LogP contribution in [0.15, 0.2) is 23.1 Å². The van der Waals surface area contributed by atoms with Gasteiger partial charge in [-0.15, -0.1) is 0 Å². The number of nitriles is 1. The predicted octanol–water partition coefficient (Wildman–Crippen LogP) is 0.835. The number of rotatable bonds is 3. The molecule has 8 heteroatoms. The first-order valence-corrected chi connectivity index (χ1v) is 6.79. The monoisotopic (exact) mass is 268 g/mol. The molecule has 0 fully saturated rings. The molecular weight excluding hydrogens is 260 g/mol. The topological polar surface area (TPSA) is 87.0 Å². The van der Waals surface area contributed by atoms with Crippen LogP contribution in [-0.4, -0.2) is 35.1 Å². The molecule has 2 rings (SSSR count). The van der Waals surface area contributed by atoms with Gasteiger partial charge in [0.1, 0.15) is 22.5 Å². The van der Waals surface area contributed by atoms with E-state index in [1.165, 1.54) is 13.1 Å². The zero-order valence-electron chi connectivity index (χ0n) is 8.86. The highest BCUT2D eigenvalue weighted by molar-refractivity contribution is 7.89. The summed E-state index contributed by atoms with van der Waals surface area (Å²) in [6, 6.07) is 6.57. The van der Waals surface area contributed by atoms with Crippen LogP contribution in [-0.2, 0) is 10.0 Å². The van der Waals surface area contributed by atoms with Gasteiger partial charge in [-0.05, 0) is 12.1 Å². The number of sulfonamides is 1. The highest BCUT2D eigenvalue weighted by Crippen LogP contribution is 2.23. The molecular formula is C9H8N4O2S2. The first-order chi connectivity index (χ1) is 8.07. The summed E-state index contributed by atoms with van der Waals surface area (Å²) in [5.74, 6) is 0. The number of hydrogen-bond donors (Lipinski definition) is 0. The summed E-state index contributed by atoms with van der Waals surface area (Å²) in [4.78, 5) is 0.0847. The number of fused-ring (bicyclic) bond motifs is 1. The van der Waals surface area contributed by atoms with Gasteiger partial charge in [-0.25, -0.2) is 8.42 Å². The summed E-state index contributed by atoms with van der Waals surface area (Å²) in [7, 11) is -2.32. The fraction of sp³-hybridized carbons (Fsp3) is 0.222. The molecule has 2 aromatic rings. The van der Waals surface area contributed by atoms with Crippen molar-refractivity contribution in [2.75, 3.05) is 13.6 Å². The van der Waals surface area contributed by atoms with Crippen LogP contribution in [0.25, 0.3) is 11.0 Å². The molecule has 0 spiro atoms. The van der Waals surface area contributed by atoms with E-state index in [4.69, 9.17) is 5.26 Å². The Morgan fingerprint density at radius 1 is 1.47 bits per heavy atom. The Labute approximate surface area is 102 Å². The highest BCUT2D eigenvalue weighted by Gasteiger charge is 2.24. The summed E-state index contributed by atoms with van der Waals surface area (Å²) in [5.41, 5.74) is 0.892. The molecule has 0 amide bonds. The van der Waals surface area contributed by atoms with Crippen LogP contribution in [0, 0.1) is 11.3 Å². The van der Waals surface area contributed by atoms with Gasteiger partial charge in [0, 0.05) is 7.05 Å². The summed E-state index contributed by atoms with van der Waals surface area (Å²) in [6.45, 7) is -0.198. The largest absolute Gasteiger partial charge is 0.246 e. The van der Waals surface area contributed by atoms with Gasteiger partial charge < -0.3 is 0 Å². The van der Waals surface area contributed by atoms with Crippen molar-refractivity contribution in [3.05, 3.63) is 18.2 Å². The van der Waals surface area contributed by atoms with Gasteiger partial charge >= 0.3 is 0 Å². The molecule has 0 aliphatic carbocycles. The van der Waals surface area contributed by atoms with Gasteiger partial charge in [-0.2, -0.15) is 18.3 Å². The normalized spacial score (nSPS) is 11.8. The van der Waals surface area contributed by atoms with Crippen molar-refractivity contribution in [2.24, 2.45) is 0 Å². The van der Waals surface area contributed by atoms with Gasteiger partial charge in [0.05, 0.1) is 17.8 Å². The Bertz CT molecular complexity index is 686. The lowest BCUT2D eigenvalue weighted by atomic mass is 10.3. The third kappa shape index (κ3) is 2.00. The smallest absolute Gasteiger partial charge is 0.207 e. The first kappa shape index (κ1) is 11.9. The third-order valence-electron chi connectivity index (χ3n) is 2.23. The molecule has 88 valence electrons. The van der Waals surface area contributed by atoms with Gasteiger partial charge in [-0.3, -0.25) is 0 Å². The SMILES string of the molecule is CN(CC#N)S(=O)(=O)c1cccc2nsnc12. The molecule has 0 saturated heterocycles.